The third-order valence-electron chi connectivity index (χ3n) is 4.99. The molecule has 0 bridgehead atoms. The molecule has 0 spiro atoms. The number of anilines is 1. The standard InChI is InChI=1S/C19H27N3O2/c1-13(14-4-5-14)22(17-10-11-17)12-18(23)20-16-8-6-15(7-9-16)19(24)21(2)3/h6-9,13-14,17H,4-5,10-12H2,1-3H3,(H,20,23). The molecule has 0 heterocycles. The SMILES string of the molecule is CC(C1CC1)N(CC(=O)Nc1ccc(C(=O)N(C)C)cc1)C1CC1. The highest BCUT2D eigenvalue weighted by atomic mass is 16.2. The van der Waals surface area contributed by atoms with Crippen LogP contribution in [0.3, 0.4) is 0 Å². The van der Waals surface area contributed by atoms with Crippen molar-refractivity contribution in [1.82, 2.24) is 9.80 Å². The molecule has 0 saturated heterocycles. The van der Waals surface area contributed by atoms with E-state index in [1.807, 2.05) is 0 Å². The third-order valence-corrected chi connectivity index (χ3v) is 4.99. The third kappa shape index (κ3) is 4.15. The van der Waals surface area contributed by atoms with E-state index in [1.165, 1.54) is 25.7 Å². The van der Waals surface area contributed by atoms with Gasteiger partial charge in [0.25, 0.3) is 5.91 Å². The Hall–Kier alpha value is -1.88. The summed E-state index contributed by atoms with van der Waals surface area (Å²) in [6.45, 7) is 2.71. The van der Waals surface area contributed by atoms with Gasteiger partial charge in [-0.05, 0) is 62.8 Å². The molecule has 5 nitrogen and oxygen atoms in total. The van der Waals surface area contributed by atoms with Crippen molar-refractivity contribution in [2.45, 2.75) is 44.7 Å². The summed E-state index contributed by atoms with van der Waals surface area (Å²) in [5, 5.41) is 2.96. The van der Waals surface area contributed by atoms with Crippen LogP contribution in [0.25, 0.3) is 0 Å². The highest BCUT2D eigenvalue weighted by Gasteiger charge is 2.39. The largest absolute Gasteiger partial charge is 0.345 e. The van der Waals surface area contributed by atoms with Crippen molar-refractivity contribution >= 4 is 17.5 Å². The smallest absolute Gasteiger partial charge is 0.253 e. The van der Waals surface area contributed by atoms with E-state index in [1.54, 1.807) is 43.3 Å². The fraction of sp³-hybridized carbons (Fsp3) is 0.579. The molecule has 1 N–H and O–H groups in total. The summed E-state index contributed by atoms with van der Waals surface area (Å²) in [7, 11) is 3.46. The number of carbonyl (C=O) groups is 2. The average Bonchev–Trinajstić information content (AvgIpc) is 3.44. The molecule has 0 aromatic heterocycles. The molecule has 24 heavy (non-hydrogen) atoms. The van der Waals surface area contributed by atoms with E-state index in [4.69, 9.17) is 0 Å². The lowest BCUT2D eigenvalue weighted by atomic mass is 10.1. The van der Waals surface area contributed by atoms with E-state index in [0.717, 1.165) is 11.6 Å². The van der Waals surface area contributed by atoms with Gasteiger partial charge >= 0.3 is 0 Å². The second kappa shape index (κ2) is 6.93. The molecule has 1 aromatic rings. The van der Waals surface area contributed by atoms with Gasteiger partial charge in [0.2, 0.25) is 5.91 Å². The van der Waals surface area contributed by atoms with E-state index in [9.17, 15) is 9.59 Å². The fourth-order valence-corrected chi connectivity index (χ4v) is 3.18. The van der Waals surface area contributed by atoms with E-state index >= 15 is 0 Å². The van der Waals surface area contributed by atoms with Crippen molar-refractivity contribution in [3.8, 4) is 0 Å². The number of rotatable bonds is 7. The Labute approximate surface area is 144 Å². The first kappa shape index (κ1) is 17.0. The molecule has 0 aliphatic heterocycles. The molecule has 1 unspecified atom stereocenters. The van der Waals surface area contributed by atoms with Crippen molar-refractivity contribution in [1.29, 1.82) is 0 Å². The van der Waals surface area contributed by atoms with Crippen molar-refractivity contribution < 1.29 is 9.59 Å². The van der Waals surface area contributed by atoms with Crippen LogP contribution >= 0.6 is 0 Å². The predicted octanol–water partition coefficient (Wildman–Crippen LogP) is 2.59. The van der Waals surface area contributed by atoms with Crippen LogP contribution in [0.1, 0.15) is 43.0 Å². The summed E-state index contributed by atoms with van der Waals surface area (Å²) >= 11 is 0. The fourth-order valence-electron chi connectivity index (χ4n) is 3.18. The van der Waals surface area contributed by atoms with Crippen molar-refractivity contribution in [2.75, 3.05) is 26.0 Å². The van der Waals surface area contributed by atoms with Crippen LogP contribution in [0.15, 0.2) is 24.3 Å². The number of hydrogen-bond acceptors (Lipinski definition) is 3. The summed E-state index contributed by atoms with van der Waals surface area (Å²) in [4.78, 5) is 28.2. The molecule has 2 aliphatic rings. The maximum atomic E-state index is 12.4. The van der Waals surface area contributed by atoms with E-state index in [-0.39, 0.29) is 11.8 Å². The van der Waals surface area contributed by atoms with Gasteiger partial charge in [0, 0.05) is 37.4 Å². The Morgan fingerprint density at radius 1 is 1.12 bits per heavy atom. The first-order chi connectivity index (χ1) is 11.5. The van der Waals surface area contributed by atoms with Crippen LogP contribution in [0, 0.1) is 5.92 Å². The normalized spacial score (nSPS) is 18.3. The van der Waals surface area contributed by atoms with Crippen molar-refractivity contribution in [3.63, 3.8) is 0 Å². The number of amides is 2. The minimum atomic E-state index is -0.0361. The Kier molecular flexibility index (Phi) is 4.90. The zero-order valence-corrected chi connectivity index (χ0v) is 14.8. The van der Waals surface area contributed by atoms with E-state index in [2.05, 4.69) is 17.1 Å². The molecular weight excluding hydrogens is 302 g/mol. The van der Waals surface area contributed by atoms with Gasteiger partial charge in [-0.3, -0.25) is 14.5 Å². The minimum absolute atomic E-state index is 0.0288. The Morgan fingerprint density at radius 3 is 2.25 bits per heavy atom. The summed E-state index contributed by atoms with van der Waals surface area (Å²) in [6.07, 6.45) is 5.03. The number of benzene rings is 1. The zero-order valence-electron chi connectivity index (χ0n) is 14.8. The highest BCUT2D eigenvalue weighted by molar-refractivity contribution is 5.96. The van der Waals surface area contributed by atoms with Gasteiger partial charge < -0.3 is 10.2 Å². The summed E-state index contributed by atoms with van der Waals surface area (Å²) in [6, 6.07) is 8.18. The van der Waals surface area contributed by atoms with Crippen molar-refractivity contribution in [2.24, 2.45) is 5.92 Å². The molecule has 0 radical (unpaired) electrons. The maximum Gasteiger partial charge on any atom is 0.253 e. The second-order valence-corrected chi connectivity index (χ2v) is 7.31. The molecule has 2 saturated carbocycles. The lowest BCUT2D eigenvalue weighted by molar-refractivity contribution is -0.118. The van der Waals surface area contributed by atoms with Crippen molar-refractivity contribution in [3.05, 3.63) is 29.8 Å². The molecule has 130 valence electrons. The van der Waals surface area contributed by atoms with Crippen LogP contribution in [0.2, 0.25) is 0 Å². The van der Waals surface area contributed by atoms with Gasteiger partial charge in [-0.15, -0.1) is 0 Å². The second-order valence-electron chi connectivity index (χ2n) is 7.31. The average molecular weight is 329 g/mol. The summed E-state index contributed by atoms with van der Waals surface area (Å²) in [5.41, 5.74) is 1.37. The van der Waals surface area contributed by atoms with E-state index in [0.29, 0.717) is 24.2 Å². The van der Waals surface area contributed by atoms with Crippen LogP contribution < -0.4 is 5.32 Å². The van der Waals surface area contributed by atoms with Gasteiger partial charge in [-0.1, -0.05) is 0 Å². The number of hydrogen-bond donors (Lipinski definition) is 1. The predicted molar refractivity (Wildman–Crippen MR) is 95.0 cm³/mol. The van der Waals surface area contributed by atoms with Crippen LogP contribution in [0.4, 0.5) is 5.69 Å². The maximum absolute atomic E-state index is 12.4. The molecule has 1 atom stereocenters. The lowest BCUT2D eigenvalue weighted by Gasteiger charge is -2.28. The monoisotopic (exact) mass is 329 g/mol. The van der Waals surface area contributed by atoms with Crippen LogP contribution in [0.5, 0.6) is 0 Å². The Bertz CT molecular complexity index is 604. The first-order valence-corrected chi connectivity index (χ1v) is 8.83. The molecule has 3 rings (SSSR count). The quantitative estimate of drug-likeness (QED) is 0.836. The first-order valence-electron chi connectivity index (χ1n) is 8.83. The number of nitrogens with zero attached hydrogens (tertiary/aromatic N) is 2. The topological polar surface area (TPSA) is 52.7 Å². The molecule has 5 heteroatoms. The highest BCUT2D eigenvalue weighted by Crippen LogP contribution is 2.39. The number of nitrogens with one attached hydrogen (secondary N) is 1. The van der Waals surface area contributed by atoms with Crippen LogP contribution in [-0.2, 0) is 4.79 Å². The van der Waals surface area contributed by atoms with Crippen LogP contribution in [-0.4, -0.2) is 54.3 Å². The van der Waals surface area contributed by atoms with Gasteiger partial charge in [0.15, 0.2) is 0 Å². The number of carbonyl (C=O) groups excluding carboxylic acids is 2. The summed E-state index contributed by atoms with van der Waals surface area (Å²) < 4.78 is 0. The lowest BCUT2D eigenvalue weighted by Crippen LogP contribution is -2.42. The molecule has 2 amide bonds. The molecule has 2 fully saturated rings. The van der Waals surface area contributed by atoms with Gasteiger partial charge in [0.1, 0.15) is 0 Å². The van der Waals surface area contributed by atoms with Gasteiger partial charge in [-0.25, -0.2) is 0 Å². The minimum Gasteiger partial charge on any atom is -0.345 e. The Morgan fingerprint density at radius 2 is 1.75 bits per heavy atom. The Balaban J connectivity index is 1.56. The zero-order chi connectivity index (χ0) is 17.3. The molecule has 2 aliphatic carbocycles. The van der Waals surface area contributed by atoms with E-state index < -0.39 is 0 Å². The molecule has 1 aromatic carbocycles. The molecular formula is C19H27N3O2. The van der Waals surface area contributed by atoms with Gasteiger partial charge in [0.05, 0.1) is 6.54 Å². The summed E-state index contributed by atoms with van der Waals surface area (Å²) in [5.74, 6) is 0.766. The van der Waals surface area contributed by atoms with Gasteiger partial charge in [-0.2, -0.15) is 0 Å².